The number of hydrogen-bond acceptors (Lipinski definition) is 3. The number of hydrogen-bond donors (Lipinski definition) is 1. The van der Waals surface area contributed by atoms with Crippen LogP contribution in [0.15, 0.2) is 12.4 Å². The molecule has 18 heavy (non-hydrogen) atoms. The second kappa shape index (κ2) is 5.79. The summed E-state index contributed by atoms with van der Waals surface area (Å²) in [6.45, 7) is 7.66. The van der Waals surface area contributed by atoms with Crippen LogP contribution in [0.25, 0.3) is 0 Å². The Morgan fingerprint density at radius 3 is 2.56 bits per heavy atom. The average Bonchev–Trinajstić information content (AvgIpc) is 2.86. The largest absolute Gasteiger partial charge is 0.308 e. The number of nitrogens with one attached hydrogen (secondary N) is 1. The lowest BCUT2D eigenvalue weighted by molar-refractivity contribution is 0.258. The Morgan fingerprint density at radius 2 is 1.94 bits per heavy atom. The van der Waals surface area contributed by atoms with E-state index in [1.54, 1.807) is 12.4 Å². The van der Waals surface area contributed by atoms with Crippen molar-refractivity contribution >= 4 is 0 Å². The maximum absolute atomic E-state index is 4.45. The lowest BCUT2D eigenvalue weighted by Gasteiger charge is -2.29. The molecule has 0 bridgehead atoms. The van der Waals surface area contributed by atoms with Gasteiger partial charge >= 0.3 is 0 Å². The van der Waals surface area contributed by atoms with E-state index in [4.69, 9.17) is 0 Å². The maximum atomic E-state index is 4.45. The lowest BCUT2D eigenvalue weighted by atomic mass is 9.83. The van der Waals surface area contributed by atoms with Crippen LogP contribution >= 0.6 is 0 Å². The van der Waals surface area contributed by atoms with Crippen LogP contribution in [0.5, 0.6) is 0 Å². The molecular formula is C15H25N3. The van der Waals surface area contributed by atoms with E-state index in [9.17, 15) is 0 Å². The molecule has 3 nitrogen and oxygen atoms in total. The van der Waals surface area contributed by atoms with E-state index >= 15 is 0 Å². The highest BCUT2D eigenvalue weighted by Crippen LogP contribution is 2.40. The van der Waals surface area contributed by atoms with Gasteiger partial charge in [0, 0.05) is 25.0 Å². The number of aryl methyl sites for hydroxylation is 1. The zero-order chi connectivity index (χ0) is 13.0. The highest BCUT2D eigenvalue weighted by molar-refractivity contribution is 5.12. The Bertz CT molecular complexity index is 383. The molecule has 1 saturated carbocycles. The molecule has 1 aliphatic rings. The summed E-state index contributed by atoms with van der Waals surface area (Å²) in [5.74, 6) is 0. The minimum Gasteiger partial charge on any atom is -0.308 e. The fraction of sp³-hybridized carbons (Fsp3) is 0.733. The first-order chi connectivity index (χ1) is 8.67. The van der Waals surface area contributed by atoms with Gasteiger partial charge in [0.1, 0.15) is 0 Å². The molecule has 0 spiro atoms. The van der Waals surface area contributed by atoms with Crippen LogP contribution in [-0.2, 0) is 0 Å². The van der Waals surface area contributed by atoms with Crippen molar-refractivity contribution < 1.29 is 0 Å². The van der Waals surface area contributed by atoms with E-state index in [1.807, 2.05) is 6.92 Å². The van der Waals surface area contributed by atoms with Crippen LogP contribution in [0.1, 0.15) is 63.4 Å². The maximum Gasteiger partial charge on any atom is 0.0782 e. The lowest BCUT2D eigenvalue weighted by Crippen LogP contribution is -2.33. The predicted molar refractivity (Wildman–Crippen MR) is 74.4 cm³/mol. The summed E-state index contributed by atoms with van der Waals surface area (Å²) in [6.07, 6.45) is 10.4. The Balaban J connectivity index is 1.96. The van der Waals surface area contributed by atoms with Crippen LogP contribution in [0.4, 0.5) is 0 Å². The van der Waals surface area contributed by atoms with Crippen LogP contribution in [0.3, 0.4) is 0 Å². The van der Waals surface area contributed by atoms with Gasteiger partial charge in [-0.2, -0.15) is 0 Å². The molecule has 1 heterocycles. The zero-order valence-electron chi connectivity index (χ0n) is 11.9. The van der Waals surface area contributed by atoms with E-state index in [0.717, 1.165) is 17.9 Å². The van der Waals surface area contributed by atoms with Crippen molar-refractivity contribution in [2.45, 2.75) is 58.9 Å². The first-order valence-electron chi connectivity index (χ1n) is 7.18. The molecule has 1 fully saturated rings. The van der Waals surface area contributed by atoms with Crippen LogP contribution in [0.2, 0.25) is 0 Å². The summed E-state index contributed by atoms with van der Waals surface area (Å²) in [6, 6.07) is 0.294. The third-order valence-electron chi connectivity index (χ3n) is 4.53. The minimum absolute atomic E-state index is 0.294. The van der Waals surface area contributed by atoms with Gasteiger partial charge in [-0.3, -0.25) is 9.97 Å². The van der Waals surface area contributed by atoms with Gasteiger partial charge in [0.25, 0.3) is 0 Å². The van der Waals surface area contributed by atoms with Gasteiger partial charge in [0.15, 0.2) is 0 Å². The number of rotatable bonds is 5. The van der Waals surface area contributed by atoms with Crippen LogP contribution in [0, 0.1) is 12.3 Å². The van der Waals surface area contributed by atoms with Crippen molar-refractivity contribution in [3.8, 4) is 0 Å². The Morgan fingerprint density at radius 1 is 1.28 bits per heavy atom. The molecule has 1 N–H and O–H groups in total. The van der Waals surface area contributed by atoms with E-state index in [2.05, 4.69) is 29.1 Å². The highest BCUT2D eigenvalue weighted by atomic mass is 15.0. The van der Waals surface area contributed by atoms with Crippen molar-refractivity contribution in [3.05, 3.63) is 23.8 Å². The zero-order valence-corrected chi connectivity index (χ0v) is 11.9. The molecular weight excluding hydrogens is 222 g/mol. The molecule has 2 rings (SSSR count). The van der Waals surface area contributed by atoms with E-state index in [0.29, 0.717) is 11.5 Å². The summed E-state index contributed by atoms with van der Waals surface area (Å²) < 4.78 is 0. The molecule has 1 aromatic heterocycles. The van der Waals surface area contributed by atoms with Crippen molar-refractivity contribution in [2.24, 2.45) is 5.41 Å². The van der Waals surface area contributed by atoms with Crippen LogP contribution in [-0.4, -0.2) is 16.5 Å². The smallest absolute Gasteiger partial charge is 0.0782 e. The second-order valence-corrected chi connectivity index (χ2v) is 5.69. The Labute approximate surface area is 110 Å². The third kappa shape index (κ3) is 2.89. The molecule has 1 atom stereocenters. The SMILES string of the molecule is CCC1(CNC(C)c2nccnc2C)CCCC1. The first-order valence-corrected chi connectivity index (χ1v) is 7.18. The van der Waals surface area contributed by atoms with Gasteiger partial charge in [-0.25, -0.2) is 0 Å². The molecule has 0 amide bonds. The monoisotopic (exact) mass is 247 g/mol. The quantitative estimate of drug-likeness (QED) is 0.866. The molecule has 100 valence electrons. The third-order valence-corrected chi connectivity index (χ3v) is 4.53. The predicted octanol–water partition coefficient (Wildman–Crippen LogP) is 3.41. The fourth-order valence-corrected chi connectivity index (χ4v) is 3.09. The van der Waals surface area contributed by atoms with Crippen molar-refractivity contribution in [3.63, 3.8) is 0 Å². The first kappa shape index (κ1) is 13.5. The van der Waals surface area contributed by atoms with Crippen LogP contribution < -0.4 is 5.32 Å². The highest BCUT2D eigenvalue weighted by Gasteiger charge is 2.32. The molecule has 0 aliphatic heterocycles. The second-order valence-electron chi connectivity index (χ2n) is 5.69. The summed E-state index contributed by atoms with van der Waals surface area (Å²) in [5.41, 5.74) is 2.65. The van der Waals surface area contributed by atoms with E-state index in [-0.39, 0.29) is 0 Å². The summed E-state index contributed by atoms with van der Waals surface area (Å²) in [4.78, 5) is 8.76. The van der Waals surface area contributed by atoms with Crippen molar-refractivity contribution in [2.75, 3.05) is 6.54 Å². The van der Waals surface area contributed by atoms with E-state index in [1.165, 1.54) is 32.1 Å². The van der Waals surface area contributed by atoms with Crippen molar-refractivity contribution in [1.29, 1.82) is 0 Å². The number of aromatic nitrogens is 2. The van der Waals surface area contributed by atoms with Gasteiger partial charge in [-0.15, -0.1) is 0 Å². The summed E-state index contributed by atoms with van der Waals surface area (Å²) >= 11 is 0. The van der Waals surface area contributed by atoms with Gasteiger partial charge < -0.3 is 5.32 Å². The molecule has 3 heteroatoms. The number of nitrogens with zero attached hydrogens (tertiary/aromatic N) is 2. The van der Waals surface area contributed by atoms with Gasteiger partial charge in [0.2, 0.25) is 0 Å². The van der Waals surface area contributed by atoms with E-state index < -0.39 is 0 Å². The molecule has 0 aromatic carbocycles. The summed E-state index contributed by atoms with van der Waals surface area (Å²) in [7, 11) is 0. The standard InChI is InChI=1S/C15H25N3/c1-4-15(7-5-6-8-15)11-18-13(3)14-12(2)16-9-10-17-14/h9-10,13,18H,4-8,11H2,1-3H3. The Hall–Kier alpha value is -0.960. The summed E-state index contributed by atoms with van der Waals surface area (Å²) in [5, 5.41) is 3.67. The fourth-order valence-electron chi connectivity index (χ4n) is 3.09. The molecule has 1 aromatic rings. The van der Waals surface area contributed by atoms with Gasteiger partial charge in [-0.1, -0.05) is 19.8 Å². The Kier molecular flexibility index (Phi) is 4.33. The van der Waals surface area contributed by atoms with Gasteiger partial charge in [-0.05, 0) is 38.5 Å². The average molecular weight is 247 g/mol. The molecule has 1 aliphatic carbocycles. The molecule has 0 radical (unpaired) electrons. The normalized spacial score (nSPS) is 19.9. The molecule has 0 saturated heterocycles. The van der Waals surface area contributed by atoms with Gasteiger partial charge in [0.05, 0.1) is 11.4 Å². The minimum atomic E-state index is 0.294. The topological polar surface area (TPSA) is 37.8 Å². The molecule has 1 unspecified atom stereocenters. The van der Waals surface area contributed by atoms with Crippen molar-refractivity contribution in [1.82, 2.24) is 15.3 Å².